The molecule has 4 nitrogen and oxygen atoms in total. The second-order valence-corrected chi connectivity index (χ2v) is 3.33. The van der Waals surface area contributed by atoms with E-state index in [4.69, 9.17) is 17.5 Å². The SMILES string of the molecule is FC(F)(F)C(F)(F)F.FC(F)(F)C(F)(F)F.O=S(=O)(O)O. The van der Waals surface area contributed by atoms with Gasteiger partial charge in [-0.05, 0) is 0 Å². The van der Waals surface area contributed by atoms with E-state index in [1.165, 1.54) is 0 Å². The first kappa shape index (κ1) is 25.0. The Morgan fingerprint density at radius 2 is 0.524 bits per heavy atom. The average Bonchev–Trinajstić information content (AvgIpc) is 1.91. The fourth-order valence-corrected chi connectivity index (χ4v) is 0. The van der Waals surface area contributed by atoms with Gasteiger partial charge in [-0.3, -0.25) is 9.11 Å². The molecule has 0 amide bonds. The minimum Gasteiger partial charge on any atom is -0.264 e. The minimum atomic E-state index is -6.06. The van der Waals surface area contributed by atoms with E-state index in [1.54, 1.807) is 0 Å². The number of halogens is 12. The van der Waals surface area contributed by atoms with Crippen LogP contribution < -0.4 is 0 Å². The van der Waals surface area contributed by atoms with Crippen molar-refractivity contribution in [2.75, 3.05) is 0 Å². The van der Waals surface area contributed by atoms with Crippen LogP contribution in [0.2, 0.25) is 0 Å². The van der Waals surface area contributed by atoms with Crippen LogP contribution in [0.5, 0.6) is 0 Å². The Hall–Kier alpha value is -0.970. The molecule has 17 heteroatoms. The smallest absolute Gasteiger partial charge is 0.264 e. The van der Waals surface area contributed by atoms with Gasteiger partial charge in [-0.15, -0.1) is 0 Å². The van der Waals surface area contributed by atoms with Crippen LogP contribution in [-0.2, 0) is 10.4 Å². The third-order valence-electron chi connectivity index (χ3n) is 0.643. The van der Waals surface area contributed by atoms with Gasteiger partial charge in [0.25, 0.3) is 0 Å². The molecular weight excluding hydrogens is 372 g/mol. The van der Waals surface area contributed by atoms with Gasteiger partial charge in [-0.25, -0.2) is 0 Å². The van der Waals surface area contributed by atoms with Gasteiger partial charge in [0, 0.05) is 0 Å². The molecule has 0 aromatic rings. The van der Waals surface area contributed by atoms with Gasteiger partial charge in [0.2, 0.25) is 0 Å². The maximum atomic E-state index is 10.4. The van der Waals surface area contributed by atoms with E-state index in [1.807, 2.05) is 0 Å². The third kappa shape index (κ3) is 19.0. The molecular formula is C4H2F12O4S. The zero-order valence-electron chi connectivity index (χ0n) is 8.65. The molecule has 21 heavy (non-hydrogen) atoms. The quantitative estimate of drug-likeness (QED) is 0.502. The fourth-order valence-electron chi connectivity index (χ4n) is 0. The lowest BCUT2D eigenvalue weighted by Gasteiger charge is -2.08. The molecule has 0 saturated carbocycles. The molecule has 0 aliphatic heterocycles. The Kier molecular flexibility index (Phi) is 8.74. The maximum Gasteiger partial charge on any atom is 0.487 e. The Labute approximate surface area is 106 Å². The second-order valence-electron chi connectivity index (χ2n) is 2.44. The molecule has 0 saturated heterocycles. The third-order valence-corrected chi connectivity index (χ3v) is 0.643. The van der Waals surface area contributed by atoms with E-state index in [0.29, 0.717) is 0 Å². The highest BCUT2D eigenvalue weighted by Crippen LogP contribution is 2.36. The van der Waals surface area contributed by atoms with Gasteiger partial charge in [0.05, 0.1) is 0 Å². The molecule has 0 fully saturated rings. The summed E-state index contributed by atoms with van der Waals surface area (Å²) < 4.78 is 157. The van der Waals surface area contributed by atoms with E-state index >= 15 is 0 Å². The lowest BCUT2D eigenvalue weighted by atomic mass is 10.7. The molecule has 0 unspecified atom stereocenters. The molecule has 0 rings (SSSR count). The molecule has 2 N–H and O–H groups in total. The van der Waals surface area contributed by atoms with Crippen molar-refractivity contribution in [2.45, 2.75) is 24.7 Å². The van der Waals surface area contributed by atoms with Crippen LogP contribution in [0.15, 0.2) is 0 Å². The monoisotopic (exact) mass is 374 g/mol. The van der Waals surface area contributed by atoms with Crippen molar-refractivity contribution in [3.05, 3.63) is 0 Å². The first-order chi connectivity index (χ1) is 8.50. The second kappa shape index (κ2) is 7.34. The van der Waals surface area contributed by atoms with Gasteiger partial charge < -0.3 is 0 Å². The van der Waals surface area contributed by atoms with Gasteiger partial charge in [-0.2, -0.15) is 61.1 Å². The van der Waals surface area contributed by atoms with Crippen molar-refractivity contribution in [1.82, 2.24) is 0 Å². The topological polar surface area (TPSA) is 74.6 Å². The van der Waals surface area contributed by atoms with Crippen LogP contribution in [0.1, 0.15) is 0 Å². The number of hydrogen-bond donors (Lipinski definition) is 2. The summed E-state index contributed by atoms with van der Waals surface area (Å²) in [7, 11) is -4.67. The standard InChI is InChI=1S/2C2F6.H2O4S/c2*3-1(4,5)2(6,7)8;1-5(2,3)4/h;;(H2,1,2,3,4). The van der Waals surface area contributed by atoms with E-state index < -0.39 is 35.1 Å². The van der Waals surface area contributed by atoms with Gasteiger partial charge in [-0.1, -0.05) is 0 Å². The van der Waals surface area contributed by atoms with Crippen LogP contribution >= 0.6 is 0 Å². The minimum absolute atomic E-state index is 4.67. The van der Waals surface area contributed by atoms with E-state index in [2.05, 4.69) is 0 Å². The predicted octanol–water partition coefficient (Wildman–Crippen LogP) is 3.57. The summed E-state index contributed by atoms with van der Waals surface area (Å²) in [6, 6.07) is 0. The van der Waals surface area contributed by atoms with E-state index in [9.17, 15) is 52.7 Å². The first-order valence-corrected chi connectivity index (χ1v) is 4.86. The molecule has 0 aliphatic carbocycles. The van der Waals surface area contributed by atoms with Crippen molar-refractivity contribution < 1.29 is 70.2 Å². The zero-order chi connectivity index (χ0) is 18.5. The Bertz CT molecular complexity index is 325. The van der Waals surface area contributed by atoms with E-state index in [0.717, 1.165) is 0 Å². The highest BCUT2D eigenvalue weighted by molar-refractivity contribution is 7.79. The summed E-state index contributed by atoms with van der Waals surface area (Å²) in [6.07, 6.45) is -24.2. The normalized spacial score (nSPS) is 13.6. The van der Waals surface area contributed by atoms with Gasteiger partial charge >= 0.3 is 35.1 Å². The number of rotatable bonds is 0. The summed E-state index contributed by atoms with van der Waals surface area (Å²) in [5, 5.41) is 0. The van der Waals surface area contributed by atoms with Gasteiger partial charge in [0.1, 0.15) is 0 Å². The van der Waals surface area contributed by atoms with Gasteiger partial charge in [0.15, 0.2) is 0 Å². The Morgan fingerprint density at radius 3 is 0.524 bits per heavy atom. The fraction of sp³-hybridized carbons (Fsp3) is 1.00. The van der Waals surface area contributed by atoms with Crippen molar-refractivity contribution in [2.24, 2.45) is 0 Å². The first-order valence-electron chi connectivity index (χ1n) is 3.47. The van der Waals surface area contributed by atoms with Crippen molar-refractivity contribution in [1.29, 1.82) is 0 Å². The Balaban J connectivity index is -0.000000239. The maximum absolute atomic E-state index is 10.4. The molecule has 0 spiro atoms. The molecule has 0 atom stereocenters. The Morgan fingerprint density at radius 1 is 0.476 bits per heavy atom. The van der Waals surface area contributed by atoms with Crippen molar-refractivity contribution in [3.63, 3.8) is 0 Å². The summed E-state index contributed by atoms with van der Waals surface area (Å²) in [4.78, 5) is 0. The average molecular weight is 374 g/mol. The number of hydrogen-bond acceptors (Lipinski definition) is 2. The molecule has 132 valence electrons. The van der Waals surface area contributed by atoms with Crippen molar-refractivity contribution in [3.8, 4) is 0 Å². The molecule has 0 heterocycles. The van der Waals surface area contributed by atoms with Crippen LogP contribution in [0.4, 0.5) is 52.7 Å². The molecule has 0 aromatic carbocycles. The largest absolute Gasteiger partial charge is 0.487 e. The van der Waals surface area contributed by atoms with E-state index in [-0.39, 0.29) is 0 Å². The molecule has 0 radical (unpaired) electrons. The summed E-state index contributed by atoms with van der Waals surface area (Å²) in [6.45, 7) is 0. The van der Waals surface area contributed by atoms with Crippen molar-refractivity contribution >= 4 is 10.4 Å². The summed E-state index contributed by atoms with van der Waals surface area (Å²) >= 11 is 0. The summed E-state index contributed by atoms with van der Waals surface area (Å²) in [5.41, 5.74) is 0. The highest BCUT2D eigenvalue weighted by atomic mass is 32.3. The van der Waals surface area contributed by atoms with Crippen LogP contribution in [0.25, 0.3) is 0 Å². The molecule has 0 aromatic heterocycles. The van der Waals surface area contributed by atoms with Crippen LogP contribution in [-0.4, -0.2) is 42.2 Å². The van der Waals surface area contributed by atoms with Crippen LogP contribution in [0, 0.1) is 0 Å². The lowest BCUT2D eigenvalue weighted by Crippen LogP contribution is -2.30. The predicted molar refractivity (Wildman–Crippen MR) is 38.4 cm³/mol. The van der Waals surface area contributed by atoms with Crippen LogP contribution in [0.3, 0.4) is 0 Å². The number of alkyl halides is 12. The zero-order valence-corrected chi connectivity index (χ0v) is 9.47. The summed E-state index contributed by atoms with van der Waals surface area (Å²) in [5.74, 6) is 0. The molecule has 0 bridgehead atoms. The lowest BCUT2D eigenvalue weighted by molar-refractivity contribution is -0.339. The highest BCUT2D eigenvalue weighted by Gasteiger charge is 2.59. The molecule has 0 aliphatic rings.